The summed E-state index contributed by atoms with van der Waals surface area (Å²) in [5, 5.41) is 2.81. The predicted octanol–water partition coefficient (Wildman–Crippen LogP) is 1.90. The summed E-state index contributed by atoms with van der Waals surface area (Å²) >= 11 is 0. The van der Waals surface area contributed by atoms with E-state index in [1.54, 1.807) is 12.1 Å². The van der Waals surface area contributed by atoms with E-state index < -0.39 is 10.0 Å². The van der Waals surface area contributed by atoms with Crippen molar-refractivity contribution in [2.45, 2.75) is 44.0 Å². The molecule has 0 spiro atoms. The van der Waals surface area contributed by atoms with E-state index in [4.69, 9.17) is 0 Å². The van der Waals surface area contributed by atoms with Crippen LogP contribution in [0.3, 0.4) is 0 Å². The number of benzene rings is 1. The summed E-state index contributed by atoms with van der Waals surface area (Å²) in [6.07, 6.45) is 2.66. The fourth-order valence-electron chi connectivity index (χ4n) is 1.87. The standard InChI is InChI=1S/C15H22N2O3S/c1-11(2)8-9-16-15(18)12-4-3-5-14(10-12)21(19,20)17-13-6-7-13/h3-5,10-11,13,17H,6-9H2,1-2H3,(H,16,18). The van der Waals surface area contributed by atoms with E-state index in [9.17, 15) is 13.2 Å². The molecule has 2 N–H and O–H groups in total. The molecule has 0 radical (unpaired) electrons. The van der Waals surface area contributed by atoms with Crippen LogP contribution in [0.5, 0.6) is 0 Å². The Balaban J connectivity index is 2.04. The highest BCUT2D eigenvalue weighted by Gasteiger charge is 2.28. The molecule has 21 heavy (non-hydrogen) atoms. The second kappa shape index (κ2) is 6.58. The third-order valence-corrected chi connectivity index (χ3v) is 4.83. The van der Waals surface area contributed by atoms with Gasteiger partial charge in [0, 0.05) is 18.2 Å². The molecule has 2 rings (SSSR count). The van der Waals surface area contributed by atoms with Crippen LogP contribution in [-0.2, 0) is 10.0 Å². The van der Waals surface area contributed by atoms with Gasteiger partial charge in [-0.05, 0) is 43.4 Å². The quantitative estimate of drug-likeness (QED) is 0.807. The Morgan fingerprint density at radius 2 is 2.05 bits per heavy atom. The highest BCUT2D eigenvalue weighted by molar-refractivity contribution is 7.89. The van der Waals surface area contributed by atoms with Gasteiger partial charge in [0.1, 0.15) is 0 Å². The summed E-state index contributed by atoms with van der Waals surface area (Å²) in [5.41, 5.74) is 0.373. The lowest BCUT2D eigenvalue weighted by Crippen LogP contribution is -2.27. The van der Waals surface area contributed by atoms with E-state index in [1.807, 2.05) is 0 Å². The molecule has 0 atom stereocenters. The van der Waals surface area contributed by atoms with Crippen molar-refractivity contribution in [1.29, 1.82) is 0 Å². The van der Waals surface area contributed by atoms with E-state index >= 15 is 0 Å². The predicted molar refractivity (Wildman–Crippen MR) is 81.6 cm³/mol. The average Bonchev–Trinajstić information content (AvgIpc) is 3.21. The zero-order chi connectivity index (χ0) is 15.5. The average molecular weight is 310 g/mol. The topological polar surface area (TPSA) is 75.3 Å². The van der Waals surface area contributed by atoms with E-state index in [0.717, 1.165) is 19.3 Å². The molecule has 0 unspecified atom stereocenters. The van der Waals surface area contributed by atoms with Gasteiger partial charge in [-0.3, -0.25) is 4.79 Å². The summed E-state index contributed by atoms with van der Waals surface area (Å²) in [6, 6.07) is 6.21. The molecular formula is C15H22N2O3S. The molecule has 6 heteroatoms. The maximum atomic E-state index is 12.1. The fourth-order valence-corrected chi connectivity index (χ4v) is 3.22. The number of nitrogens with one attached hydrogen (secondary N) is 2. The Labute approximate surface area is 126 Å². The van der Waals surface area contributed by atoms with Crippen LogP contribution in [0, 0.1) is 5.92 Å². The van der Waals surface area contributed by atoms with Crippen LogP contribution >= 0.6 is 0 Å². The number of hydrogen-bond acceptors (Lipinski definition) is 3. The Hall–Kier alpha value is -1.40. The molecule has 0 saturated heterocycles. The van der Waals surface area contributed by atoms with Gasteiger partial charge >= 0.3 is 0 Å². The molecule has 0 heterocycles. The fraction of sp³-hybridized carbons (Fsp3) is 0.533. The Bertz CT molecular complexity index is 607. The zero-order valence-corrected chi connectivity index (χ0v) is 13.2. The number of amides is 1. The van der Waals surface area contributed by atoms with Crippen molar-refractivity contribution in [1.82, 2.24) is 10.0 Å². The molecule has 1 aliphatic carbocycles. The van der Waals surface area contributed by atoms with Gasteiger partial charge in [0.25, 0.3) is 5.91 Å². The second-order valence-electron chi connectivity index (χ2n) is 5.86. The first-order chi connectivity index (χ1) is 9.88. The highest BCUT2D eigenvalue weighted by atomic mass is 32.2. The van der Waals surface area contributed by atoms with Crippen molar-refractivity contribution in [3.8, 4) is 0 Å². The molecule has 1 aliphatic rings. The number of carbonyl (C=O) groups excluding carboxylic acids is 1. The first-order valence-electron chi connectivity index (χ1n) is 7.29. The van der Waals surface area contributed by atoms with Gasteiger partial charge in [-0.1, -0.05) is 19.9 Å². The van der Waals surface area contributed by atoms with Crippen molar-refractivity contribution in [2.24, 2.45) is 5.92 Å². The molecular weight excluding hydrogens is 288 g/mol. The van der Waals surface area contributed by atoms with Crippen LogP contribution in [0.1, 0.15) is 43.5 Å². The minimum absolute atomic E-state index is 0.0542. The van der Waals surface area contributed by atoms with E-state index in [0.29, 0.717) is 18.0 Å². The highest BCUT2D eigenvalue weighted by Crippen LogP contribution is 2.22. The van der Waals surface area contributed by atoms with Crippen LogP contribution < -0.4 is 10.0 Å². The lowest BCUT2D eigenvalue weighted by molar-refractivity contribution is 0.0952. The minimum Gasteiger partial charge on any atom is -0.352 e. The first kappa shape index (κ1) is 16.0. The molecule has 1 aromatic rings. The third kappa shape index (κ3) is 4.82. The van der Waals surface area contributed by atoms with E-state index in [1.165, 1.54) is 12.1 Å². The van der Waals surface area contributed by atoms with Crippen molar-refractivity contribution in [3.05, 3.63) is 29.8 Å². The largest absolute Gasteiger partial charge is 0.352 e. The minimum atomic E-state index is -3.52. The summed E-state index contributed by atoms with van der Waals surface area (Å²) in [6.45, 7) is 4.76. The molecule has 116 valence electrons. The molecule has 1 fully saturated rings. The van der Waals surface area contributed by atoms with E-state index in [-0.39, 0.29) is 16.8 Å². The number of hydrogen-bond donors (Lipinski definition) is 2. The van der Waals surface area contributed by atoms with Gasteiger partial charge in [0.15, 0.2) is 0 Å². The Morgan fingerprint density at radius 1 is 1.33 bits per heavy atom. The van der Waals surface area contributed by atoms with Crippen LogP contribution in [0.15, 0.2) is 29.2 Å². The smallest absolute Gasteiger partial charge is 0.251 e. The number of sulfonamides is 1. The molecule has 0 bridgehead atoms. The second-order valence-corrected chi connectivity index (χ2v) is 7.58. The monoisotopic (exact) mass is 310 g/mol. The summed E-state index contributed by atoms with van der Waals surface area (Å²) in [7, 11) is -3.52. The van der Waals surface area contributed by atoms with Gasteiger partial charge in [-0.15, -0.1) is 0 Å². The Morgan fingerprint density at radius 3 is 2.67 bits per heavy atom. The van der Waals surface area contributed by atoms with Crippen LogP contribution in [0.4, 0.5) is 0 Å². The summed E-state index contributed by atoms with van der Waals surface area (Å²) < 4.78 is 26.8. The van der Waals surface area contributed by atoms with Gasteiger partial charge in [-0.25, -0.2) is 13.1 Å². The van der Waals surface area contributed by atoms with Crippen molar-refractivity contribution in [3.63, 3.8) is 0 Å². The van der Waals surface area contributed by atoms with Crippen LogP contribution in [0.25, 0.3) is 0 Å². The SMILES string of the molecule is CC(C)CCNC(=O)c1cccc(S(=O)(=O)NC2CC2)c1. The lowest BCUT2D eigenvalue weighted by Gasteiger charge is -2.09. The van der Waals surface area contributed by atoms with Crippen LogP contribution in [0.2, 0.25) is 0 Å². The van der Waals surface area contributed by atoms with Crippen molar-refractivity contribution in [2.75, 3.05) is 6.54 Å². The van der Waals surface area contributed by atoms with Gasteiger partial charge < -0.3 is 5.32 Å². The first-order valence-corrected chi connectivity index (χ1v) is 8.77. The van der Waals surface area contributed by atoms with Crippen molar-refractivity contribution >= 4 is 15.9 Å². The maximum Gasteiger partial charge on any atom is 0.251 e. The van der Waals surface area contributed by atoms with Gasteiger partial charge in [0.05, 0.1) is 4.90 Å². The summed E-state index contributed by atoms with van der Waals surface area (Å²) in [5.74, 6) is 0.277. The molecule has 5 nitrogen and oxygen atoms in total. The number of carbonyl (C=O) groups is 1. The van der Waals surface area contributed by atoms with Crippen LogP contribution in [-0.4, -0.2) is 26.9 Å². The third-order valence-electron chi connectivity index (χ3n) is 3.31. The zero-order valence-electron chi connectivity index (χ0n) is 12.4. The molecule has 0 aromatic heterocycles. The molecule has 1 amide bonds. The molecule has 1 saturated carbocycles. The Kier molecular flexibility index (Phi) is 5.00. The van der Waals surface area contributed by atoms with Gasteiger partial charge in [0.2, 0.25) is 10.0 Å². The number of rotatable bonds is 7. The lowest BCUT2D eigenvalue weighted by atomic mass is 10.1. The maximum absolute atomic E-state index is 12.1. The van der Waals surface area contributed by atoms with Gasteiger partial charge in [-0.2, -0.15) is 0 Å². The van der Waals surface area contributed by atoms with Crippen molar-refractivity contribution < 1.29 is 13.2 Å². The van der Waals surface area contributed by atoms with E-state index in [2.05, 4.69) is 23.9 Å². The molecule has 1 aromatic carbocycles. The summed E-state index contributed by atoms with van der Waals surface area (Å²) in [4.78, 5) is 12.2. The normalized spacial score (nSPS) is 15.2. The molecule has 0 aliphatic heterocycles.